The highest BCUT2D eigenvalue weighted by Crippen LogP contribution is 2.05. The molecule has 19 heavy (non-hydrogen) atoms. The lowest BCUT2D eigenvalue weighted by Gasteiger charge is -2.05. The van der Waals surface area contributed by atoms with Crippen LogP contribution in [-0.4, -0.2) is 16.0 Å². The minimum Gasteiger partial charge on any atom is -0.494 e. The number of aromatic hydroxyl groups is 1. The molecular formula is C13H11FN2O3. The van der Waals surface area contributed by atoms with Crippen LogP contribution in [0, 0.1) is 5.82 Å². The molecule has 0 atom stereocenters. The van der Waals surface area contributed by atoms with Gasteiger partial charge in [0.05, 0.1) is 5.56 Å². The smallest absolute Gasteiger partial charge is 0.251 e. The Labute approximate surface area is 107 Å². The lowest BCUT2D eigenvalue weighted by molar-refractivity contribution is 0.0950. The van der Waals surface area contributed by atoms with E-state index in [2.05, 4.69) is 10.3 Å². The van der Waals surface area contributed by atoms with Gasteiger partial charge in [-0.25, -0.2) is 4.39 Å². The summed E-state index contributed by atoms with van der Waals surface area (Å²) in [6, 6.07) is 7.91. The first-order chi connectivity index (χ1) is 9.04. The zero-order chi connectivity index (χ0) is 13.8. The molecule has 6 heteroatoms. The average molecular weight is 262 g/mol. The van der Waals surface area contributed by atoms with Gasteiger partial charge < -0.3 is 10.4 Å². The molecule has 3 N–H and O–H groups in total. The Morgan fingerprint density at radius 2 is 1.95 bits per heavy atom. The molecule has 1 aromatic heterocycles. The van der Waals surface area contributed by atoms with Gasteiger partial charge in [-0.15, -0.1) is 0 Å². The third-order valence-corrected chi connectivity index (χ3v) is 2.46. The number of pyridine rings is 1. The summed E-state index contributed by atoms with van der Waals surface area (Å²) in [4.78, 5) is 25.0. The molecule has 1 heterocycles. The predicted molar refractivity (Wildman–Crippen MR) is 66.3 cm³/mol. The fraction of sp³-hybridized carbons (Fsp3) is 0.0769. The third kappa shape index (κ3) is 3.41. The van der Waals surface area contributed by atoms with E-state index in [1.807, 2.05) is 0 Å². The second kappa shape index (κ2) is 5.34. The number of rotatable bonds is 3. The highest BCUT2D eigenvalue weighted by Gasteiger charge is 2.07. The van der Waals surface area contributed by atoms with Gasteiger partial charge in [0.2, 0.25) is 0 Å². The second-order valence-electron chi connectivity index (χ2n) is 3.93. The predicted octanol–water partition coefficient (Wildman–Crippen LogP) is 1.15. The summed E-state index contributed by atoms with van der Waals surface area (Å²) in [6.07, 6.45) is 0. The number of halogens is 1. The molecule has 5 nitrogen and oxygen atoms in total. The maximum Gasteiger partial charge on any atom is 0.251 e. The van der Waals surface area contributed by atoms with Crippen LogP contribution in [0.3, 0.4) is 0 Å². The zero-order valence-corrected chi connectivity index (χ0v) is 9.81. The molecule has 0 aliphatic rings. The molecule has 2 rings (SSSR count). The summed E-state index contributed by atoms with van der Waals surface area (Å²) >= 11 is 0. The molecule has 2 aromatic rings. The monoisotopic (exact) mass is 262 g/mol. The minimum atomic E-state index is -0.563. The third-order valence-electron chi connectivity index (χ3n) is 2.46. The lowest BCUT2D eigenvalue weighted by Crippen LogP contribution is -2.24. The Bertz CT molecular complexity index is 650. The van der Waals surface area contributed by atoms with E-state index >= 15 is 0 Å². The number of benzene rings is 1. The van der Waals surface area contributed by atoms with Crippen molar-refractivity contribution < 1.29 is 14.3 Å². The summed E-state index contributed by atoms with van der Waals surface area (Å²) in [6.45, 7) is 0.201. The maximum absolute atomic E-state index is 12.7. The summed E-state index contributed by atoms with van der Waals surface area (Å²) in [5, 5.41) is 11.7. The number of H-pyrrole nitrogens is 1. The molecule has 0 aliphatic carbocycles. The van der Waals surface area contributed by atoms with Crippen molar-refractivity contribution in [2.75, 3.05) is 0 Å². The first-order valence-electron chi connectivity index (χ1n) is 5.50. The summed E-state index contributed by atoms with van der Waals surface area (Å²) < 4.78 is 12.7. The van der Waals surface area contributed by atoms with E-state index < -0.39 is 11.5 Å². The van der Waals surface area contributed by atoms with Gasteiger partial charge in [-0.05, 0) is 17.7 Å². The molecule has 0 unspecified atom stereocenters. The number of carbonyl (C=O) groups is 1. The topological polar surface area (TPSA) is 82.2 Å². The van der Waals surface area contributed by atoms with Crippen LogP contribution in [-0.2, 0) is 6.54 Å². The largest absolute Gasteiger partial charge is 0.494 e. The van der Waals surface area contributed by atoms with Gasteiger partial charge in [0.25, 0.3) is 11.5 Å². The van der Waals surface area contributed by atoms with Crippen molar-refractivity contribution in [2.45, 2.75) is 6.54 Å². The molecule has 98 valence electrons. The van der Waals surface area contributed by atoms with Crippen LogP contribution >= 0.6 is 0 Å². The van der Waals surface area contributed by atoms with Gasteiger partial charge in [0.1, 0.15) is 5.82 Å². The molecule has 0 fully saturated rings. The van der Waals surface area contributed by atoms with Crippen molar-refractivity contribution in [3.63, 3.8) is 0 Å². The van der Waals surface area contributed by atoms with Crippen molar-refractivity contribution in [1.82, 2.24) is 10.3 Å². The van der Waals surface area contributed by atoms with Crippen LogP contribution in [0.2, 0.25) is 0 Å². The molecule has 0 aliphatic heterocycles. The van der Waals surface area contributed by atoms with Crippen molar-refractivity contribution in [1.29, 1.82) is 0 Å². The molecule has 1 amide bonds. The van der Waals surface area contributed by atoms with Gasteiger partial charge >= 0.3 is 0 Å². The van der Waals surface area contributed by atoms with Gasteiger partial charge in [0, 0.05) is 18.7 Å². The highest BCUT2D eigenvalue weighted by molar-refractivity contribution is 5.94. The Morgan fingerprint density at radius 1 is 1.26 bits per heavy atom. The lowest BCUT2D eigenvalue weighted by atomic mass is 10.2. The summed E-state index contributed by atoms with van der Waals surface area (Å²) in [7, 11) is 0. The fourth-order valence-electron chi connectivity index (χ4n) is 1.55. The fourth-order valence-corrected chi connectivity index (χ4v) is 1.55. The normalized spacial score (nSPS) is 10.2. The van der Waals surface area contributed by atoms with Crippen molar-refractivity contribution in [2.24, 2.45) is 0 Å². The van der Waals surface area contributed by atoms with E-state index in [9.17, 15) is 19.1 Å². The number of hydrogen-bond acceptors (Lipinski definition) is 3. The first kappa shape index (κ1) is 12.8. The van der Waals surface area contributed by atoms with E-state index in [0.29, 0.717) is 0 Å². The molecular weight excluding hydrogens is 251 g/mol. The molecule has 0 bridgehead atoms. The highest BCUT2D eigenvalue weighted by atomic mass is 19.1. The Morgan fingerprint density at radius 3 is 2.58 bits per heavy atom. The molecule has 0 radical (unpaired) electrons. The standard InChI is InChI=1S/C13H11FN2O3/c14-10-3-1-8(2-4-10)7-15-13(19)9-5-11(17)16-12(18)6-9/h1-6H,7H2,(H,15,19)(H2,16,17,18). The first-order valence-corrected chi connectivity index (χ1v) is 5.50. The van der Waals surface area contributed by atoms with Crippen LogP contribution in [0.1, 0.15) is 15.9 Å². The van der Waals surface area contributed by atoms with Crippen LogP contribution in [0.15, 0.2) is 41.2 Å². The van der Waals surface area contributed by atoms with E-state index in [1.54, 1.807) is 12.1 Å². The number of aromatic nitrogens is 1. The number of hydrogen-bond donors (Lipinski definition) is 3. The van der Waals surface area contributed by atoms with Gasteiger partial charge in [-0.3, -0.25) is 14.6 Å². The van der Waals surface area contributed by atoms with Gasteiger partial charge in [-0.2, -0.15) is 0 Å². The number of carbonyl (C=O) groups excluding carboxylic acids is 1. The van der Waals surface area contributed by atoms with E-state index in [1.165, 1.54) is 12.1 Å². The van der Waals surface area contributed by atoms with Crippen molar-refractivity contribution in [3.8, 4) is 5.88 Å². The number of nitrogens with one attached hydrogen (secondary N) is 2. The Hall–Kier alpha value is -2.63. The molecule has 0 saturated heterocycles. The Kier molecular flexibility index (Phi) is 3.61. The van der Waals surface area contributed by atoms with E-state index in [0.717, 1.165) is 17.7 Å². The van der Waals surface area contributed by atoms with Crippen LogP contribution in [0.5, 0.6) is 5.88 Å². The van der Waals surface area contributed by atoms with Gasteiger partial charge in [-0.1, -0.05) is 12.1 Å². The molecule has 1 aromatic carbocycles. The average Bonchev–Trinajstić information content (AvgIpc) is 2.36. The zero-order valence-electron chi connectivity index (χ0n) is 9.81. The minimum absolute atomic E-state index is 0.0587. The molecule has 0 spiro atoms. The Balaban J connectivity index is 2.05. The van der Waals surface area contributed by atoms with Crippen LogP contribution in [0.4, 0.5) is 4.39 Å². The number of aromatic amines is 1. The van der Waals surface area contributed by atoms with Crippen molar-refractivity contribution >= 4 is 5.91 Å². The second-order valence-corrected chi connectivity index (χ2v) is 3.93. The SMILES string of the molecule is O=C(NCc1ccc(F)cc1)c1cc(O)[nH]c(=O)c1. The molecule has 0 saturated carbocycles. The summed E-state index contributed by atoms with van der Waals surface area (Å²) in [5.74, 6) is -1.22. The van der Waals surface area contributed by atoms with Crippen LogP contribution in [0.25, 0.3) is 0 Å². The maximum atomic E-state index is 12.7. The summed E-state index contributed by atoms with van der Waals surface area (Å²) in [5.41, 5.74) is 0.221. The van der Waals surface area contributed by atoms with Gasteiger partial charge in [0.15, 0.2) is 5.88 Å². The van der Waals surface area contributed by atoms with Crippen molar-refractivity contribution in [3.05, 3.63) is 63.7 Å². The quantitative estimate of drug-likeness (QED) is 0.776. The van der Waals surface area contributed by atoms with E-state index in [-0.39, 0.29) is 23.8 Å². The number of amides is 1. The van der Waals surface area contributed by atoms with E-state index in [4.69, 9.17) is 0 Å². The van der Waals surface area contributed by atoms with Crippen LogP contribution < -0.4 is 10.9 Å².